The van der Waals surface area contributed by atoms with Crippen molar-refractivity contribution in [3.63, 3.8) is 0 Å². The normalized spacial score (nSPS) is 30.7. The zero-order valence-corrected chi connectivity index (χ0v) is 12.3. The number of hydrogen-bond donors (Lipinski definition) is 2. The van der Waals surface area contributed by atoms with E-state index in [1.165, 1.54) is 23.9 Å². The molecule has 1 saturated heterocycles. The number of methoxy groups -OCH3 is 1. The van der Waals surface area contributed by atoms with E-state index in [0.717, 1.165) is 0 Å². The van der Waals surface area contributed by atoms with E-state index in [9.17, 15) is 9.90 Å². The van der Waals surface area contributed by atoms with E-state index in [-0.39, 0.29) is 12.4 Å². The number of halogens is 1. The molecule has 1 aliphatic rings. The van der Waals surface area contributed by atoms with Crippen LogP contribution in [0.4, 0.5) is 5.82 Å². The van der Waals surface area contributed by atoms with Crippen LogP contribution in [0.2, 0.25) is 0 Å². The smallest absolute Gasteiger partial charge is 0.351 e. The second-order valence-electron chi connectivity index (χ2n) is 4.11. The number of ether oxygens (including phenoxy) is 2. The highest BCUT2D eigenvalue weighted by Crippen LogP contribution is 2.31. The van der Waals surface area contributed by atoms with Crippen molar-refractivity contribution < 1.29 is 17.6 Å². The molecule has 1 aliphatic heterocycles. The van der Waals surface area contributed by atoms with Gasteiger partial charge in [-0.05, 0) is 6.07 Å². The molecule has 0 radical (unpaired) electrons. The quantitative estimate of drug-likeness (QED) is 0.673. The van der Waals surface area contributed by atoms with Crippen molar-refractivity contribution in [3.05, 3.63) is 22.7 Å². The van der Waals surface area contributed by atoms with Gasteiger partial charge in [0.05, 0.1) is 6.61 Å². The van der Waals surface area contributed by atoms with E-state index in [4.69, 9.17) is 18.3 Å². The molecule has 0 aromatic carbocycles. The van der Waals surface area contributed by atoms with Crippen LogP contribution in [0.15, 0.2) is 17.1 Å². The molecule has 2 unspecified atom stereocenters. The van der Waals surface area contributed by atoms with Crippen LogP contribution in [0, 0.1) is 0 Å². The number of aliphatic hydroxyl groups excluding tert-OH is 1. The lowest BCUT2D eigenvalue weighted by Gasteiger charge is -2.17. The average molecular weight is 383 g/mol. The van der Waals surface area contributed by atoms with Gasteiger partial charge in [-0.2, -0.15) is 4.98 Å². The van der Waals surface area contributed by atoms with Gasteiger partial charge in [-0.3, -0.25) is 4.57 Å². The van der Waals surface area contributed by atoms with Gasteiger partial charge in [0.2, 0.25) is 0 Å². The van der Waals surface area contributed by atoms with E-state index in [1.807, 2.05) is 0 Å². The number of nitrogen functional groups attached to an aromatic ring is 1. The van der Waals surface area contributed by atoms with Gasteiger partial charge in [0.15, 0.2) is 6.23 Å². The van der Waals surface area contributed by atoms with Gasteiger partial charge in [0, 0.05) is 13.3 Å². The zero-order chi connectivity index (χ0) is 14.0. The molecule has 1 fully saturated rings. The zero-order valence-electron chi connectivity index (χ0n) is 10.1. The summed E-state index contributed by atoms with van der Waals surface area (Å²) in [6.07, 6.45) is -1.50. The van der Waals surface area contributed by atoms with Crippen LogP contribution in [-0.2, 0) is 12.5 Å². The second kappa shape index (κ2) is 6.13. The van der Waals surface area contributed by atoms with Gasteiger partial charge in [-0.25, -0.2) is 4.79 Å². The van der Waals surface area contributed by atoms with E-state index in [2.05, 4.69) is 4.98 Å². The number of aromatic nitrogens is 2. The molecule has 0 amide bonds. The first kappa shape index (κ1) is 14.7. The molecule has 19 heavy (non-hydrogen) atoms. The van der Waals surface area contributed by atoms with Crippen molar-refractivity contribution in [2.75, 3.05) is 19.5 Å². The van der Waals surface area contributed by atoms with Crippen LogP contribution in [0.3, 0.4) is 0 Å². The Labute approximate surface area is 123 Å². The van der Waals surface area contributed by atoms with Crippen molar-refractivity contribution in [3.8, 4) is 0 Å². The predicted octanol–water partition coefficient (Wildman–Crippen LogP) is -0.535. The Morgan fingerprint density at radius 2 is 2.42 bits per heavy atom. The van der Waals surface area contributed by atoms with E-state index in [0.29, 0.717) is 0 Å². The number of aliphatic hydroxyl groups is 1. The van der Waals surface area contributed by atoms with Crippen LogP contribution < -0.4 is 11.4 Å². The largest absolute Gasteiger partial charge is 0.386 e. The summed E-state index contributed by atoms with van der Waals surface area (Å²) >= 11 is 1.68. The molecule has 0 aliphatic carbocycles. The summed E-state index contributed by atoms with van der Waals surface area (Å²) in [6, 6.07) is 1.46. The summed E-state index contributed by atoms with van der Waals surface area (Å²) in [5.74, 6) is 0.115. The van der Waals surface area contributed by atoms with Crippen molar-refractivity contribution in [1.29, 1.82) is 0 Å². The first-order valence-corrected chi connectivity index (χ1v) is 6.41. The number of hydrogen-bond acceptors (Lipinski definition) is 7. The van der Waals surface area contributed by atoms with Gasteiger partial charge in [0.1, 0.15) is 47.1 Å². The lowest BCUT2D eigenvalue weighted by molar-refractivity contribution is -0.0597. The third-order valence-electron chi connectivity index (χ3n) is 2.87. The summed E-state index contributed by atoms with van der Waals surface area (Å²) in [7, 11) is 1.52. The second-order valence-corrected chi connectivity index (χ2v) is 4.62. The Balaban J connectivity index is 2.28. The predicted molar refractivity (Wildman–Crippen MR) is 73.6 cm³/mol. The van der Waals surface area contributed by atoms with Crippen molar-refractivity contribution >= 4 is 28.8 Å². The van der Waals surface area contributed by atoms with Gasteiger partial charge >= 0.3 is 5.69 Å². The molecular weight excluding hydrogens is 369 g/mol. The lowest BCUT2D eigenvalue weighted by atomic mass is 10.1. The average Bonchev–Trinajstić information content (AvgIpc) is 2.66. The first-order chi connectivity index (χ1) is 9.08. The van der Waals surface area contributed by atoms with Crippen molar-refractivity contribution in [1.82, 2.24) is 9.55 Å². The fraction of sp³-hybridized carbons (Fsp3) is 0.600. The number of anilines is 1. The molecule has 2 heterocycles. The highest BCUT2D eigenvalue weighted by Gasteiger charge is 2.45. The molecule has 2 rings (SSSR count). The Bertz CT molecular complexity index is 496. The first-order valence-electron chi connectivity index (χ1n) is 5.53. The Hall–Kier alpha value is -0.750. The van der Waals surface area contributed by atoms with Crippen LogP contribution in [0.25, 0.3) is 0 Å². The van der Waals surface area contributed by atoms with E-state index >= 15 is 0 Å². The third kappa shape index (κ3) is 2.89. The SMILES string of the molecule is COC[C@H]1O[C@@H](n2ccc(N)nc2=O)C(O)C1OI. The maximum absolute atomic E-state index is 11.7. The molecule has 3 N–H and O–H groups in total. The Morgan fingerprint density at radius 1 is 1.68 bits per heavy atom. The van der Waals surface area contributed by atoms with Gasteiger partial charge in [-0.1, -0.05) is 0 Å². The molecule has 1 aromatic rings. The molecule has 1 aromatic heterocycles. The maximum Gasteiger partial charge on any atom is 0.351 e. The Kier molecular flexibility index (Phi) is 4.73. The Morgan fingerprint density at radius 3 is 3.00 bits per heavy atom. The minimum atomic E-state index is -1.000. The molecule has 106 valence electrons. The molecule has 4 atom stereocenters. The minimum absolute atomic E-state index is 0.115. The van der Waals surface area contributed by atoms with E-state index in [1.54, 1.807) is 23.0 Å². The number of nitrogens with zero attached hydrogens (tertiary/aromatic N) is 2. The molecule has 0 spiro atoms. The summed E-state index contributed by atoms with van der Waals surface area (Å²) < 4.78 is 16.9. The summed E-state index contributed by atoms with van der Waals surface area (Å²) in [5, 5.41) is 10.2. The molecular formula is C10H14IN3O5. The lowest BCUT2D eigenvalue weighted by Crippen LogP contribution is -2.36. The summed E-state index contributed by atoms with van der Waals surface area (Å²) in [4.78, 5) is 15.3. The maximum atomic E-state index is 11.7. The van der Waals surface area contributed by atoms with Crippen LogP contribution in [0.5, 0.6) is 0 Å². The fourth-order valence-corrected chi connectivity index (χ4v) is 2.61. The standard InChI is InChI=1S/C10H14IN3O5/c1-17-4-5-8(19-11)7(15)9(18-5)14-3-2-6(12)13-10(14)16/h2-3,5,7-9,15H,4H2,1H3,(H2,12,13,16)/t5-,7?,8?,9-/m1/s1. The van der Waals surface area contributed by atoms with Gasteiger partial charge < -0.3 is 23.4 Å². The monoisotopic (exact) mass is 383 g/mol. The molecule has 8 nitrogen and oxygen atoms in total. The van der Waals surface area contributed by atoms with Crippen molar-refractivity contribution in [2.45, 2.75) is 24.5 Å². The highest BCUT2D eigenvalue weighted by molar-refractivity contribution is 14.1. The third-order valence-corrected chi connectivity index (χ3v) is 3.46. The molecule has 9 heteroatoms. The topological polar surface area (TPSA) is 109 Å². The number of rotatable bonds is 4. The van der Waals surface area contributed by atoms with Crippen LogP contribution in [0.1, 0.15) is 6.23 Å². The van der Waals surface area contributed by atoms with Gasteiger partial charge in [0.25, 0.3) is 0 Å². The molecule has 0 saturated carbocycles. The van der Waals surface area contributed by atoms with Crippen LogP contribution in [-0.4, -0.2) is 46.7 Å². The van der Waals surface area contributed by atoms with Crippen molar-refractivity contribution in [2.24, 2.45) is 0 Å². The summed E-state index contributed by atoms with van der Waals surface area (Å²) in [5.41, 5.74) is 4.83. The highest BCUT2D eigenvalue weighted by atomic mass is 127. The number of nitrogens with two attached hydrogens (primary N) is 1. The van der Waals surface area contributed by atoms with E-state index < -0.39 is 30.2 Å². The summed E-state index contributed by atoms with van der Waals surface area (Å²) in [6.45, 7) is 0.248. The minimum Gasteiger partial charge on any atom is -0.386 e. The molecule has 0 bridgehead atoms. The fourth-order valence-electron chi connectivity index (χ4n) is 1.98. The van der Waals surface area contributed by atoms with Gasteiger partial charge in [-0.15, -0.1) is 0 Å². The van der Waals surface area contributed by atoms with Crippen LogP contribution >= 0.6 is 23.0 Å².